The van der Waals surface area contributed by atoms with E-state index in [1.807, 2.05) is 6.92 Å². The topological polar surface area (TPSA) is 60.4 Å². The zero-order valence-electron chi connectivity index (χ0n) is 9.21. The molecular weight excluding hydrogens is 228 g/mol. The van der Waals surface area contributed by atoms with Gasteiger partial charge >= 0.3 is 10.1 Å². The maximum atomic E-state index is 10.9. The van der Waals surface area contributed by atoms with Crippen LogP contribution in [0.1, 0.15) is 24.8 Å². The maximum absolute atomic E-state index is 10.9. The van der Waals surface area contributed by atoms with E-state index >= 15 is 0 Å². The van der Waals surface area contributed by atoms with Crippen molar-refractivity contribution in [3.8, 4) is 5.75 Å². The Morgan fingerprint density at radius 1 is 1.31 bits per heavy atom. The highest BCUT2D eigenvalue weighted by Gasteiger charge is 2.07. The molecule has 16 heavy (non-hydrogen) atoms. The Labute approximate surface area is 95.4 Å². The molecule has 0 aliphatic heterocycles. The molecule has 0 saturated heterocycles. The molecule has 0 radical (unpaired) electrons. The van der Waals surface area contributed by atoms with Crippen LogP contribution in [-0.2, 0) is 14.9 Å². The number of hydrogen-bond donors (Lipinski definition) is 0. The average molecular weight is 242 g/mol. The summed E-state index contributed by atoms with van der Waals surface area (Å²) in [6.07, 6.45) is 2.31. The van der Waals surface area contributed by atoms with Gasteiger partial charge in [-0.25, -0.2) is 0 Å². The first kappa shape index (κ1) is 12.7. The van der Waals surface area contributed by atoms with Gasteiger partial charge in [-0.3, -0.25) is 0 Å². The first-order chi connectivity index (χ1) is 7.42. The van der Waals surface area contributed by atoms with Gasteiger partial charge in [-0.1, -0.05) is 19.1 Å². The van der Waals surface area contributed by atoms with Gasteiger partial charge in [-0.2, -0.15) is 8.42 Å². The van der Waals surface area contributed by atoms with Gasteiger partial charge in [0.15, 0.2) is 0 Å². The SMILES string of the molecule is CC(CC=O)c1ccc(OS(C)(=O)=O)cc1. The Morgan fingerprint density at radius 2 is 1.88 bits per heavy atom. The van der Waals surface area contributed by atoms with E-state index in [0.717, 1.165) is 18.1 Å². The van der Waals surface area contributed by atoms with Gasteiger partial charge < -0.3 is 8.98 Å². The molecule has 0 bridgehead atoms. The van der Waals surface area contributed by atoms with Crippen LogP contribution in [0.3, 0.4) is 0 Å². The third-order valence-corrected chi connectivity index (χ3v) is 2.64. The maximum Gasteiger partial charge on any atom is 0.306 e. The third-order valence-electron chi connectivity index (χ3n) is 2.15. The smallest absolute Gasteiger partial charge is 0.306 e. The Bertz CT molecular complexity index is 447. The van der Waals surface area contributed by atoms with Crippen LogP contribution < -0.4 is 4.18 Å². The second-order valence-corrected chi connectivity index (χ2v) is 5.23. The predicted octanol–water partition coefficient (Wildman–Crippen LogP) is 1.72. The minimum atomic E-state index is -3.48. The number of rotatable bonds is 5. The average Bonchev–Trinajstić information content (AvgIpc) is 2.16. The Morgan fingerprint density at radius 3 is 2.31 bits per heavy atom. The van der Waals surface area contributed by atoms with Gasteiger partial charge in [0.25, 0.3) is 0 Å². The van der Waals surface area contributed by atoms with Crippen molar-refractivity contribution in [3.05, 3.63) is 29.8 Å². The molecule has 1 aromatic carbocycles. The van der Waals surface area contributed by atoms with Crippen LogP contribution in [-0.4, -0.2) is 21.0 Å². The normalized spacial score (nSPS) is 13.1. The molecule has 4 nitrogen and oxygen atoms in total. The zero-order valence-corrected chi connectivity index (χ0v) is 10.0. The summed E-state index contributed by atoms with van der Waals surface area (Å²) < 4.78 is 26.4. The molecule has 0 saturated carbocycles. The predicted molar refractivity (Wildman–Crippen MR) is 61.0 cm³/mol. The van der Waals surface area contributed by atoms with Crippen molar-refractivity contribution in [2.24, 2.45) is 0 Å². The molecule has 0 N–H and O–H groups in total. The molecule has 0 amide bonds. The van der Waals surface area contributed by atoms with E-state index in [1.165, 1.54) is 0 Å². The first-order valence-corrected chi connectivity index (χ1v) is 6.67. The van der Waals surface area contributed by atoms with E-state index in [4.69, 9.17) is 4.18 Å². The van der Waals surface area contributed by atoms with E-state index in [2.05, 4.69) is 0 Å². The van der Waals surface area contributed by atoms with Gasteiger partial charge in [0, 0.05) is 6.42 Å². The lowest BCUT2D eigenvalue weighted by Crippen LogP contribution is -2.05. The Hall–Kier alpha value is -1.36. The Kier molecular flexibility index (Phi) is 4.06. The van der Waals surface area contributed by atoms with Crippen LogP contribution in [0, 0.1) is 0 Å². The zero-order chi connectivity index (χ0) is 12.2. The van der Waals surface area contributed by atoms with Crippen LogP contribution in [0.15, 0.2) is 24.3 Å². The van der Waals surface area contributed by atoms with E-state index < -0.39 is 10.1 Å². The summed E-state index contributed by atoms with van der Waals surface area (Å²) >= 11 is 0. The quantitative estimate of drug-likeness (QED) is 0.582. The van der Waals surface area contributed by atoms with Crippen molar-refractivity contribution in [2.75, 3.05) is 6.26 Å². The lowest BCUT2D eigenvalue weighted by molar-refractivity contribution is -0.108. The van der Waals surface area contributed by atoms with Gasteiger partial charge in [-0.05, 0) is 23.6 Å². The summed E-state index contributed by atoms with van der Waals surface area (Å²) in [5, 5.41) is 0. The summed E-state index contributed by atoms with van der Waals surface area (Å²) in [5.41, 5.74) is 0.980. The fourth-order valence-corrected chi connectivity index (χ4v) is 1.77. The molecule has 0 spiro atoms. The minimum Gasteiger partial charge on any atom is -0.383 e. The molecular formula is C11H14O4S. The molecule has 1 atom stereocenters. The number of aldehydes is 1. The lowest BCUT2D eigenvalue weighted by Gasteiger charge is -2.09. The summed E-state index contributed by atoms with van der Waals surface area (Å²) in [7, 11) is -3.48. The highest BCUT2D eigenvalue weighted by molar-refractivity contribution is 7.86. The van der Waals surface area contributed by atoms with Crippen LogP contribution in [0.4, 0.5) is 0 Å². The molecule has 5 heteroatoms. The first-order valence-electron chi connectivity index (χ1n) is 4.85. The number of carbonyl (C=O) groups excluding carboxylic acids is 1. The minimum absolute atomic E-state index is 0.129. The van der Waals surface area contributed by atoms with Crippen molar-refractivity contribution in [1.29, 1.82) is 0 Å². The molecule has 0 fully saturated rings. The molecule has 1 unspecified atom stereocenters. The fourth-order valence-electron chi connectivity index (χ4n) is 1.31. The highest BCUT2D eigenvalue weighted by atomic mass is 32.2. The Balaban J connectivity index is 2.79. The van der Waals surface area contributed by atoms with Gasteiger partial charge in [0.1, 0.15) is 12.0 Å². The van der Waals surface area contributed by atoms with Crippen LogP contribution in [0.5, 0.6) is 5.75 Å². The van der Waals surface area contributed by atoms with E-state index in [9.17, 15) is 13.2 Å². The van der Waals surface area contributed by atoms with E-state index in [1.54, 1.807) is 24.3 Å². The van der Waals surface area contributed by atoms with Crippen molar-refractivity contribution in [2.45, 2.75) is 19.3 Å². The van der Waals surface area contributed by atoms with Gasteiger partial charge in [0.05, 0.1) is 6.26 Å². The van der Waals surface area contributed by atoms with E-state index in [-0.39, 0.29) is 11.7 Å². The molecule has 0 aromatic heterocycles. The standard InChI is InChI=1S/C11H14O4S/c1-9(7-8-12)10-3-5-11(6-4-10)15-16(2,13)14/h3-6,8-9H,7H2,1-2H3. The largest absolute Gasteiger partial charge is 0.383 e. The summed E-state index contributed by atoms with van der Waals surface area (Å²) in [6.45, 7) is 1.93. The fraction of sp³-hybridized carbons (Fsp3) is 0.364. The number of carbonyl (C=O) groups is 1. The van der Waals surface area contributed by atoms with Crippen molar-refractivity contribution < 1.29 is 17.4 Å². The van der Waals surface area contributed by atoms with Crippen molar-refractivity contribution >= 4 is 16.4 Å². The summed E-state index contributed by atoms with van der Waals surface area (Å²) in [5.74, 6) is 0.411. The lowest BCUT2D eigenvalue weighted by atomic mass is 9.99. The van der Waals surface area contributed by atoms with Crippen LogP contribution >= 0.6 is 0 Å². The highest BCUT2D eigenvalue weighted by Crippen LogP contribution is 2.21. The summed E-state index contributed by atoms with van der Waals surface area (Å²) in [6, 6.07) is 6.68. The monoisotopic (exact) mass is 242 g/mol. The second kappa shape index (κ2) is 5.12. The van der Waals surface area contributed by atoms with Crippen LogP contribution in [0.2, 0.25) is 0 Å². The third kappa shape index (κ3) is 4.02. The molecule has 0 aliphatic carbocycles. The van der Waals surface area contributed by atoms with Gasteiger partial charge in [0.2, 0.25) is 0 Å². The molecule has 0 heterocycles. The number of benzene rings is 1. The second-order valence-electron chi connectivity index (χ2n) is 3.66. The summed E-state index contributed by atoms with van der Waals surface area (Å²) in [4.78, 5) is 10.3. The number of hydrogen-bond acceptors (Lipinski definition) is 4. The molecule has 1 aromatic rings. The van der Waals surface area contributed by atoms with Crippen molar-refractivity contribution in [1.82, 2.24) is 0 Å². The van der Waals surface area contributed by atoms with E-state index in [0.29, 0.717) is 6.42 Å². The van der Waals surface area contributed by atoms with Gasteiger partial charge in [-0.15, -0.1) is 0 Å². The van der Waals surface area contributed by atoms with Crippen molar-refractivity contribution in [3.63, 3.8) is 0 Å². The molecule has 1 rings (SSSR count). The van der Waals surface area contributed by atoms with Crippen LogP contribution in [0.25, 0.3) is 0 Å². The molecule has 0 aliphatic rings. The molecule has 88 valence electrons.